The summed E-state index contributed by atoms with van der Waals surface area (Å²) < 4.78 is 0. The molecule has 1 aromatic heterocycles. The Balaban J connectivity index is 2.86. The standard InChI is InChI=1S/C11H14ClN3O4/c1-7(3-2-4-16)14-11(17)8-5-10(12)13-6-9(8)15(18)19/h5-7,16H,2-4H2,1H3,(H,14,17). The minimum atomic E-state index is -0.684. The van der Waals surface area contributed by atoms with Gasteiger partial charge < -0.3 is 10.4 Å². The van der Waals surface area contributed by atoms with Gasteiger partial charge in [0.1, 0.15) is 16.9 Å². The van der Waals surface area contributed by atoms with Crippen molar-refractivity contribution in [3.63, 3.8) is 0 Å². The van der Waals surface area contributed by atoms with Gasteiger partial charge in [-0.05, 0) is 25.8 Å². The van der Waals surface area contributed by atoms with Crippen molar-refractivity contribution in [2.45, 2.75) is 25.8 Å². The van der Waals surface area contributed by atoms with Crippen LogP contribution in [0.3, 0.4) is 0 Å². The second kappa shape index (κ2) is 7.01. The highest BCUT2D eigenvalue weighted by atomic mass is 35.5. The lowest BCUT2D eigenvalue weighted by molar-refractivity contribution is -0.385. The number of nitrogens with zero attached hydrogens (tertiary/aromatic N) is 2. The molecule has 8 heteroatoms. The number of aliphatic hydroxyl groups is 1. The third kappa shape index (κ3) is 4.46. The zero-order chi connectivity index (χ0) is 14.4. The lowest BCUT2D eigenvalue weighted by Gasteiger charge is -2.13. The molecule has 1 rings (SSSR count). The largest absolute Gasteiger partial charge is 0.396 e. The van der Waals surface area contributed by atoms with E-state index < -0.39 is 16.5 Å². The number of nitrogens with one attached hydrogen (secondary N) is 1. The zero-order valence-corrected chi connectivity index (χ0v) is 11.1. The van der Waals surface area contributed by atoms with Crippen LogP contribution >= 0.6 is 11.6 Å². The summed E-state index contributed by atoms with van der Waals surface area (Å²) in [6.07, 6.45) is 2.07. The van der Waals surface area contributed by atoms with E-state index in [1.165, 1.54) is 0 Å². The molecule has 1 unspecified atom stereocenters. The third-order valence-corrected chi connectivity index (χ3v) is 2.67. The zero-order valence-electron chi connectivity index (χ0n) is 10.3. The fourth-order valence-corrected chi connectivity index (χ4v) is 1.68. The highest BCUT2D eigenvalue weighted by molar-refractivity contribution is 6.29. The summed E-state index contributed by atoms with van der Waals surface area (Å²) in [5.74, 6) is -0.582. The summed E-state index contributed by atoms with van der Waals surface area (Å²) in [6, 6.07) is 0.958. The molecule has 0 bridgehead atoms. The second-order valence-electron chi connectivity index (χ2n) is 4.02. The van der Waals surface area contributed by atoms with Crippen LogP contribution in [0.4, 0.5) is 5.69 Å². The maximum atomic E-state index is 11.9. The Labute approximate surface area is 114 Å². The van der Waals surface area contributed by atoms with Gasteiger partial charge in [-0.3, -0.25) is 14.9 Å². The fourth-order valence-electron chi connectivity index (χ4n) is 1.52. The van der Waals surface area contributed by atoms with E-state index in [0.717, 1.165) is 12.3 Å². The van der Waals surface area contributed by atoms with Crippen LogP contribution in [0.5, 0.6) is 0 Å². The van der Waals surface area contributed by atoms with Gasteiger partial charge in [0, 0.05) is 12.6 Å². The minimum absolute atomic E-state index is 0.0127. The molecule has 0 aliphatic rings. The molecule has 0 aromatic carbocycles. The molecular formula is C11H14ClN3O4. The van der Waals surface area contributed by atoms with Crippen LogP contribution in [-0.2, 0) is 0 Å². The smallest absolute Gasteiger partial charge is 0.300 e. The molecule has 1 aromatic rings. The number of rotatable bonds is 6. The molecule has 0 saturated carbocycles. The van der Waals surface area contributed by atoms with Crippen molar-refractivity contribution in [1.82, 2.24) is 10.3 Å². The van der Waals surface area contributed by atoms with Crippen LogP contribution < -0.4 is 5.32 Å². The molecule has 1 heterocycles. The van der Waals surface area contributed by atoms with Gasteiger partial charge in [0.25, 0.3) is 11.6 Å². The number of hydrogen-bond acceptors (Lipinski definition) is 5. The Kier molecular flexibility index (Phi) is 5.65. The Morgan fingerprint density at radius 1 is 1.68 bits per heavy atom. The summed E-state index contributed by atoms with van der Waals surface area (Å²) in [7, 11) is 0. The predicted molar refractivity (Wildman–Crippen MR) is 69.1 cm³/mol. The first kappa shape index (κ1) is 15.3. The first-order valence-corrected chi connectivity index (χ1v) is 6.05. The molecule has 0 spiro atoms. The Morgan fingerprint density at radius 2 is 2.37 bits per heavy atom. The van der Waals surface area contributed by atoms with E-state index in [1.54, 1.807) is 6.92 Å². The van der Waals surface area contributed by atoms with Gasteiger partial charge in [0.2, 0.25) is 0 Å². The van der Waals surface area contributed by atoms with Crippen LogP contribution in [0.2, 0.25) is 5.15 Å². The van der Waals surface area contributed by atoms with Gasteiger partial charge >= 0.3 is 0 Å². The Morgan fingerprint density at radius 3 is 2.95 bits per heavy atom. The molecule has 7 nitrogen and oxygen atoms in total. The van der Waals surface area contributed by atoms with E-state index in [0.29, 0.717) is 12.8 Å². The number of aromatic nitrogens is 1. The van der Waals surface area contributed by atoms with E-state index in [-0.39, 0.29) is 23.4 Å². The normalized spacial score (nSPS) is 11.9. The van der Waals surface area contributed by atoms with Crippen LogP contribution in [-0.4, -0.2) is 33.6 Å². The van der Waals surface area contributed by atoms with Crippen molar-refractivity contribution in [1.29, 1.82) is 0 Å². The van der Waals surface area contributed by atoms with Crippen molar-refractivity contribution in [3.05, 3.63) is 33.1 Å². The van der Waals surface area contributed by atoms with E-state index in [2.05, 4.69) is 10.3 Å². The molecule has 104 valence electrons. The summed E-state index contributed by atoms with van der Waals surface area (Å²) in [4.78, 5) is 25.6. The maximum Gasteiger partial charge on any atom is 0.300 e. The number of amides is 1. The SMILES string of the molecule is CC(CCCO)NC(=O)c1cc(Cl)ncc1[N+](=O)[O-]. The minimum Gasteiger partial charge on any atom is -0.396 e. The van der Waals surface area contributed by atoms with Gasteiger partial charge in [0.05, 0.1) is 4.92 Å². The average Bonchev–Trinajstić information content (AvgIpc) is 2.35. The van der Waals surface area contributed by atoms with Crippen molar-refractivity contribution < 1.29 is 14.8 Å². The van der Waals surface area contributed by atoms with Crippen molar-refractivity contribution in [2.75, 3.05) is 6.61 Å². The monoisotopic (exact) mass is 287 g/mol. The Hall–Kier alpha value is -1.73. The molecule has 0 fully saturated rings. The van der Waals surface area contributed by atoms with Crippen LogP contribution in [0, 0.1) is 10.1 Å². The topological polar surface area (TPSA) is 105 Å². The van der Waals surface area contributed by atoms with Crippen molar-refractivity contribution >= 4 is 23.2 Å². The number of pyridine rings is 1. The fraction of sp³-hybridized carbons (Fsp3) is 0.455. The lowest BCUT2D eigenvalue weighted by atomic mass is 10.1. The second-order valence-corrected chi connectivity index (χ2v) is 4.41. The van der Waals surface area contributed by atoms with E-state index in [4.69, 9.17) is 16.7 Å². The van der Waals surface area contributed by atoms with Gasteiger partial charge in [-0.1, -0.05) is 11.6 Å². The molecule has 1 amide bonds. The van der Waals surface area contributed by atoms with Crippen molar-refractivity contribution in [2.24, 2.45) is 0 Å². The average molecular weight is 288 g/mol. The maximum absolute atomic E-state index is 11.9. The molecule has 2 N–H and O–H groups in total. The van der Waals surface area contributed by atoms with E-state index in [1.807, 2.05) is 0 Å². The number of carbonyl (C=O) groups is 1. The predicted octanol–water partition coefficient (Wildman–Crippen LogP) is 1.53. The molecule has 0 aliphatic heterocycles. The summed E-state index contributed by atoms with van der Waals surface area (Å²) in [6.45, 7) is 1.78. The number of halogens is 1. The highest BCUT2D eigenvalue weighted by Crippen LogP contribution is 2.20. The number of aliphatic hydroxyl groups excluding tert-OH is 1. The lowest BCUT2D eigenvalue weighted by Crippen LogP contribution is -2.33. The summed E-state index contributed by atoms with van der Waals surface area (Å²) >= 11 is 5.64. The molecule has 1 atom stereocenters. The first-order chi connectivity index (χ1) is 8.95. The summed E-state index contributed by atoms with van der Waals surface area (Å²) in [5, 5.41) is 22.1. The summed E-state index contributed by atoms with van der Waals surface area (Å²) in [5.41, 5.74) is -0.517. The third-order valence-electron chi connectivity index (χ3n) is 2.46. The van der Waals surface area contributed by atoms with E-state index >= 15 is 0 Å². The van der Waals surface area contributed by atoms with Crippen LogP contribution in [0.1, 0.15) is 30.1 Å². The first-order valence-electron chi connectivity index (χ1n) is 5.67. The number of hydrogen-bond donors (Lipinski definition) is 2. The Bertz CT molecular complexity index is 481. The molecule has 0 radical (unpaired) electrons. The molecule has 0 aliphatic carbocycles. The number of carbonyl (C=O) groups excluding carboxylic acids is 1. The van der Waals surface area contributed by atoms with E-state index in [9.17, 15) is 14.9 Å². The molecule has 19 heavy (non-hydrogen) atoms. The van der Waals surface area contributed by atoms with Gasteiger partial charge in [0.15, 0.2) is 0 Å². The van der Waals surface area contributed by atoms with Gasteiger partial charge in [-0.25, -0.2) is 4.98 Å². The van der Waals surface area contributed by atoms with Crippen molar-refractivity contribution in [3.8, 4) is 0 Å². The van der Waals surface area contributed by atoms with Gasteiger partial charge in [-0.2, -0.15) is 0 Å². The van der Waals surface area contributed by atoms with Crippen LogP contribution in [0.25, 0.3) is 0 Å². The van der Waals surface area contributed by atoms with Crippen LogP contribution in [0.15, 0.2) is 12.3 Å². The van der Waals surface area contributed by atoms with Gasteiger partial charge in [-0.15, -0.1) is 0 Å². The highest BCUT2D eigenvalue weighted by Gasteiger charge is 2.22. The number of nitro groups is 1. The molecule has 0 saturated heterocycles. The molecular weight excluding hydrogens is 274 g/mol. The quantitative estimate of drug-likeness (QED) is 0.469.